The predicted octanol–water partition coefficient (Wildman–Crippen LogP) is 4.10. The number of β-lactam (4-membered cyclic amide) rings is 1. The predicted molar refractivity (Wildman–Crippen MR) is 113 cm³/mol. The second-order valence-electron chi connectivity index (χ2n) is 7.15. The van der Waals surface area contributed by atoms with Gasteiger partial charge in [0.1, 0.15) is 5.70 Å². The lowest BCUT2D eigenvalue weighted by molar-refractivity contribution is -0.162. The lowest BCUT2D eigenvalue weighted by Gasteiger charge is -2.46. The zero-order chi connectivity index (χ0) is 20.5. The molecule has 1 fully saturated rings. The van der Waals surface area contributed by atoms with Gasteiger partial charge in [-0.15, -0.1) is 0 Å². The quantitative estimate of drug-likeness (QED) is 0.553. The van der Waals surface area contributed by atoms with E-state index in [2.05, 4.69) is 0 Å². The first-order valence-electron chi connectivity index (χ1n) is 9.41. The Kier molecular flexibility index (Phi) is 5.72. The van der Waals surface area contributed by atoms with Crippen LogP contribution in [-0.4, -0.2) is 34.0 Å². The van der Waals surface area contributed by atoms with E-state index in [9.17, 15) is 14.7 Å². The molecule has 2 aromatic rings. The fraction of sp³-hybridized carbons (Fsp3) is 0.273. The molecular formula is C22H21NO4S2. The van der Waals surface area contributed by atoms with E-state index in [0.29, 0.717) is 5.70 Å². The third kappa shape index (κ3) is 3.70. The smallest absolute Gasteiger partial charge is 0.368 e. The molecule has 0 radical (unpaired) electrons. The van der Waals surface area contributed by atoms with E-state index >= 15 is 0 Å². The minimum Gasteiger partial charge on any atom is -0.393 e. The minimum absolute atomic E-state index is 0.0678. The SMILES string of the molecule is CC(O)[C@H]1C(=O)N2C(C(=O)OSc3ccccc3)=C(Sc3ccccc3)[C@H](C)[C@H]12. The van der Waals surface area contributed by atoms with Crippen molar-refractivity contribution in [2.75, 3.05) is 0 Å². The molecule has 150 valence electrons. The molecule has 4 atom stereocenters. The maximum atomic E-state index is 13.0. The summed E-state index contributed by atoms with van der Waals surface area (Å²) in [5.41, 5.74) is 0.293. The molecule has 0 bridgehead atoms. The van der Waals surface area contributed by atoms with Crippen molar-refractivity contribution in [1.29, 1.82) is 0 Å². The number of carbonyl (C=O) groups excluding carboxylic acids is 2. The molecule has 0 aliphatic carbocycles. The van der Waals surface area contributed by atoms with Gasteiger partial charge >= 0.3 is 5.97 Å². The summed E-state index contributed by atoms with van der Waals surface area (Å²) in [6, 6.07) is 18.8. The normalized spacial score (nSPS) is 24.2. The van der Waals surface area contributed by atoms with Crippen molar-refractivity contribution in [3.05, 3.63) is 71.3 Å². The summed E-state index contributed by atoms with van der Waals surface area (Å²) in [4.78, 5) is 29.8. The third-order valence-electron chi connectivity index (χ3n) is 5.23. The van der Waals surface area contributed by atoms with Gasteiger partial charge in [-0.1, -0.05) is 55.1 Å². The van der Waals surface area contributed by atoms with E-state index in [0.717, 1.165) is 26.7 Å². The van der Waals surface area contributed by atoms with E-state index in [4.69, 9.17) is 4.18 Å². The highest BCUT2D eigenvalue weighted by Crippen LogP contribution is 2.52. The monoisotopic (exact) mass is 427 g/mol. The van der Waals surface area contributed by atoms with Crippen molar-refractivity contribution < 1.29 is 18.9 Å². The highest BCUT2D eigenvalue weighted by atomic mass is 32.2. The Morgan fingerprint density at radius 2 is 1.66 bits per heavy atom. The van der Waals surface area contributed by atoms with Gasteiger partial charge in [-0.05, 0) is 31.2 Å². The molecule has 7 heteroatoms. The molecule has 2 heterocycles. The molecule has 4 rings (SSSR count). The second kappa shape index (κ2) is 8.26. The number of hydrogen-bond donors (Lipinski definition) is 1. The van der Waals surface area contributed by atoms with Crippen LogP contribution in [0.25, 0.3) is 0 Å². The largest absolute Gasteiger partial charge is 0.393 e. The fourth-order valence-electron chi connectivity index (χ4n) is 3.86. The number of nitrogens with zero attached hydrogens (tertiary/aromatic N) is 1. The molecule has 1 N–H and O–H groups in total. The minimum atomic E-state index is -0.761. The Balaban J connectivity index is 1.63. The van der Waals surface area contributed by atoms with E-state index in [1.807, 2.05) is 67.6 Å². The van der Waals surface area contributed by atoms with E-state index in [-0.39, 0.29) is 17.9 Å². The zero-order valence-corrected chi connectivity index (χ0v) is 17.7. The summed E-state index contributed by atoms with van der Waals surface area (Å²) in [6.07, 6.45) is -0.761. The van der Waals surface area contributed by atoms with Crippen LogP contribution < -0.4 is 0 Å². The molecule has 2 aliphatic heterocycles. The molecule has 0 spiro atoms. The van der Waals surface area contributed by atoms with Crippen molar-refractivity contribution in [3.8, 4) is 0 Å². The summed E-state index contributed by atoms with van der Waals surface area (Å²) in [6.45, 7) is 3.62. The van der Waals surface area contributed by atoms with Gasteiger partial charge in [0, 0.05) is 20.6 Å². The molecule has 5 nitrogen and oxygen atoms in total. The van der Waals surface area contributed by atoms with Crippen molar-refractivity contribution >= 4 is 35.7 Å². The standard InChI is InChI=1S/C22H21NO4S2/c1-13-18-17(14(2)24)21(25)23(18)19(20(13)28-15-9-5-3-6-10-15)22(26)27-29-16-11-7-4-8-12-16/h3-14,17-18,24H,1-2H3/t13-,14?,17-,18-/m1/s1. The number of aliphatic hydroxyl groups excluding tert-OH is 1. The van der Waals surface area contributed by atoms with Crippen LogP contribution in [-0.2, 0) is 13.8 Å². The number of carbonyl (C=O) groups is 2. The second-order valence-corrected chi connectivity index (χ2v) is 9.07. The van der Waals surface area contributed by atoms with Gasteiger partial charge in [-0.3, -0.25) is 4.79 Å². The summed E-state index contributed by atoms with van der Waals surface area (Å²) in [5.74, 6) is -1.33. The topological polar surface area (TPSA) is 66.8 Å². The van der Waals surface area contributed by atoms with Crippen LogP contribution in [0.15, 0.2) is 81.1 Å². The Morgan fingerprint density at radius 3 is 2.24 bits per heavy atom. The van der Waals surface area contributed by atoms with Crippen LogP contribution in [0.1, 0.15) is 13.8 Å². The summed E-state index contributed by atoms with van der Waals surface area (Å²) < 4.78 is 5.48. The average molecular weight is 428 g/mol. The number of amides is 1. The first kappa shape index (κ1) is 20.1. The van der Waals surface area contributed by atoms with Crippen LogP contribution in [0.2, 0.25) is 0 Å². The molecule has 0 aromatic heterocycles. The molecule has 0 saturated carbocycles. The molecule has 2 aliphatic rings. The molecule has 1 saturated heterocycles. The summed E-state index contributed by atoms with van der Waals surface area (Å²) >= 11 is 2.46. The number of benzene rings is 2. The molecule has 2 aromatic carbocycles. The van der Waals surface area contributed by atoms with E-state index in [1.165, 1.54) is 16.7 Å². The average Bonchev–Trinajstić information content (AvgIpc) is 2.96. The van der Waals surface area contributed by atoms with Gasteiger partial charge in [0.25, 0.3) is 0 Å². The van der Waals surface area contributed by atoms with Crippen LogP contribution in [0.3, 0.4) is 0 Å². The Hall–Kier alpha value is -2.22. The Morgan fingerprint density at radius 1 is 1.07 bits per heavy atom. The fourth-order valence-corrected chi connectivity index (χ4v) is 5.53. The summed E-state index contributed by atoms with van der Waals surface area (Å²) in [7, 11) is 0. The number of rotatable bonds is 6. The first-order valence-corrected chi connectivity index (χ1v) is 11.0. The van der Waals surface area contributed by atoms with Gasteiger partial charge in [0.15, 0.2) is 0 Å². The van der Waals surface area contributed by atoms with Crippen LogP contribution in [0, 0.1) is 11.8 Å². The summed E-state index contributed by atoms with van der Waals surface area (Å²) in [5, 5.41) is 10.1. The highest BCUT2D eigenvalue weighted by Gasteiger charge is 2.60. The number of hydrogen-bond acceptors (Lipinski definition) is 6. The van der Waals surface area contributed by atoms with Gasteiger partial charge in [-0.25, -0.2) is 4.79 Å². The van der Waals surface area contributed by atoms with E-state index < -0.39 is 18.0 Å². The Labute approximate surface area is 178 Å². The number of aliphatic hydroxyl groups is 1. The van der Waals surface area contributed by atoms with Gasteiger partial charge in [0.2, 0.25) is 5.91 Å². The van der Waals surface area contributed by atoms with Crippen molar-refractivity contribution in [3.63, 3.8) is 0 Å². The van der Waals surface area contributed by atoms with Crippen molar-refractivity contribution in [2.45, 2.75) is 35.8 Å². The van der Waals surface area contributed by atoms with Crippen molar-refractivity contribution in [2.24, 2.45) is 11.8 Å². The number of thioether (sulfide) groups is 1. The van der Waals surface area contributed by atoms with Crippen LogP contribution >= 0.6 is 23.8 Å². The third-order valence-corrected chi connectivity index (χ3v) is 7.22. The first-order chi connectivity index (χ1) is 14.0. The maximum Gasteiger partial charge on any atom is 0.368 e. The molecule has 29 heavy (non-hydrogen) atoms. The van der Waals surface area contributed by atoms with Crippen molar-refractivity contribution in [1.82, 2.24) is 4.90 Å². The maximum absolute atomic E-state index is 13.0. The molecule has 1 unspecified atom stereocenters. The Bertz CT molecular complexity index is 946. The lowest BCUT2D eigenvalue weighted by atomic mass is 9.79. The van der Waals surface area contributed by atoms with Crippen LogP contribution in [0.5, 0.6) is 0 Å². The lowest BCUT2D eigenvalue weighted by Crippen LogP contribution is -2.63. The van der Waals surface area contributed by atoms with Gasteiger partial charge in [0.05, 0.1) is 30.1 Å². The van der Waals surface area contributed by atoms with Gasteiger partial charge in [-0.2, -0.15) is 0 Å². The van der Waals surface area contributed by atoms with E-state index in [1.54, 1.807) is 6.92 Å². The van der Waals surface area contributed by atoms with Gasteiger partial charge < -0.3 is 14.2 Å². The molecule has 1 amide bonds. The zero-order valence-electron chi connectivity index (χ0n) is 16.0. The number of fused-ring (bicyclic) bond motifs is 1. The highest BCUT2D eigenvalue weighted by molar-refractivity contribution is 8.03. The molecular weight excluding hydrogens is 406 g/mol. The van der Waals surface area contributed by atoms with Crippen LogP contribution in [0.4, 0.5) is 0 Å².